The van der Waals surface area contributed by atoms with E-state index in [-0.39, 0.29) is 39.9 Å². The van der Waals surface area contributed by atoms with Gasteiger partial charge in [0.15, 0.2) is 0 Å². The normalized spacial score (nSPS) is 26.3. The molecule has 0 N–H and O–H groups in total. The number of alkyl halides is 2. The Balaban J connectivity index is 1.52. The molecule has 4 rings (SSSR count). The third-order valence-electron chi connectivity index (χ3n) is 5.46. The molecule has 2 aromatic carbocycles. The maximum atomic E-state index is 12.9. The molecule has 0 spiro atoms. The minimum atomic E-state index is -0.492. The standard InChI is InChI=1S/C22H19Br2NO4/c23-18-10-16-17(11-19(18)24)21(27)25(20(16)26)15-8-4-7-14(9-15)22(28)29-12-13-5-2-1-3-6-13/h1-9,16-19H,10-12H2. The van der Waals surface area contributed by atoms with Gasteiger partial charge in [0.2, 0.25) is 11.8 Å². The second-order valence-electron chi connectivity index (χ2n) is 7.34. The van der Waals surface area contributed by atoms with E-state index in [1.807, 2.05) is 30.3 Å². The summed E-state index contributed by atoms with van der Waals surface area (Å²) in [6.07, 6.45) is 1.22. The Morgan fingerprint density at radius 2 is 1.55 bits per heavy atom. The third-order valence-corrected chi connectivity index (χ3v) is 8.20. The van der Waals surface area contributed by atoms with Crippen molar-refractivity contribution in [1.29, 1.82) is 0 Å². The van der Waals surface area contributed by atoms with E-state index in [9.17, 15) is 14.4 Å². The minimum Gasteiger partial charge on any atom is -0.457 e. The van der Waals surface area contributed by atoms with Gasteiger partial charge in [0.05, 0.1) is 23.1 Å². The van der Waals surface area contributed by atoms with Crippen molar-refractivity contribution in [3.8, 4) is 0 Å². The molecule has 1 aliphatic heterocycles. The number of benzene rings is 2. The van der Waals surface area contributed by atoms with Crippen molar-refractivity contribution in [1.82, 2.24) is 0 Å². The summed E-state index contributed by atoms with van der Waals surface area (Å²) in [6, 6.07) is 15.9. The Morgan fingerprint density at radius 3 is 2.17 bits per heavy atom. The van der Waals surface area contributed by atoms with Crippen LogP contribution < -0.4 is 4.90 Å². The molecule has 2 fully saturated rings. The van der Waals surface area contributed by atoms with Crippen LogP contribution in [0.1, 0.15) is 28.8 Å². The number of halogens is 2. The third kappa shape index (κ3) is 4.03. The molecule has 2 aliphatic rings. The molecule has 2 amide bonds. The van der Waals surface area contributed by atoms with Crippen LogP contribution >= 0.6 is 31.9 Å². The Bertz CT molecular complexity index is 921. The van der Waals surface area contributed by atoms with Gasteiger partial charge in [-0.2, -0.15) is 0 Å². The van der Waals surface area contributed by atoms with Crippen molar-refractivity contribution in [2.75, 3.05) is 4.90 Å². The maximum absolute atomic E-state index is 12.9. The van der Waals surface area contributed by atoms with Crippen LogP contribution in [0.2, 0.25) is 0 Å². The zero-order chi connectivity index (χ0) is 20.5. The molecule has 1 aliphatic carbocycles. The first kappa shape index (κ1) is 20.3. The number of imide groups is 1. The monoisotopic (exact) mass is 519 g/mol. The van der Waals surface area contributed by atoms with Crippen molar-refractivity contribution in [3.63, 3.8) is 0 Å². The van der Waals surface area contributed by atoms with E-state index in [1.165, 1.54) is 4.90 Å². The fourth-order valence-corrected chi connectivity index (χ4v) is 5.17. The second-order valence-corrected chi connectivity index (χ2v) is 9.69. The molecule has 29 heavy (non-hydrogen) atoms. The SMILES string of the molecule is O=C(OCc1ccccc1)c1cccc(N2C(=O)C3CC(Br)C(Br)CC3C2=O)c1. The lowest BCUT2D eigenvalue weighted by molar-refractivity contribution is -0.122. The highest BCUT2D eigenvalue weighted by Crippen LogP contribution is 2.44. The lowest BCUT2D eigenvalue weighted by atomic mass is 9.81. The van der Waals surface area contributed by atoms with Crippen LogP contribution in [0.4, 0.5) is 5.69 Å². The lowest BCUT2D eigenvalue weighted by Gasteiger charge is -2.29. The van der Waals surface area contributed by atoms with Crippen molar-refractivity contribution >= 4 is 55.3 Å². The first-order chi connectivity index (χ1) is 14.0. The molecule has 150 valence electrons. The van der Waals surface area contributed by atoms with Crippen molar-refractivity contribution < 1.29 is 19.1 Å². The van der Waals surface area contributed by atoms with Crippen LogP contribution in [0.25, 0.3) is 0 Å². The summed E-state index contributed by atoms with van der Waals surface area (Å²) in [5.41, 5.74) is 1.62. The van der Waals surface area contributed by atoms with E-state index in [0.717, 1.165) is 5.56 Å². The predicted molar refractivity (Wildman–Crippen MR) is 116 cm³/mol. The van der Waals surface area contributed by atoms with Gasteiger partial charge in [-0.3, -0.25) is 14.5 Å². The van der Waals surface area contributed by atoms with Crippen LogP contribution in [-0.4, -0.2) is 27.4 Å². The molecular weight excluding hydrogens is 502 g/mol. The largest absolute Gasteiger partial charge is 0.457 e. The summed E-state index contributed by atoms with van der Waals surface area (Å²) in [4.78, 5) is 39.9. The maximum Gasteiger partial charge on any atom is 0.338 e. The molecule has 2 aromatic rings. The average Bonchev–Trinajstić information content (AvgIpc) is 2.97. The average molecular weight is 521 g/mol. The molecule has 0 aromatic heterocycles. The van der Waals surface area contributed by atoms with Crippen LogP contribution in [0, 0.1) is 11.8 Å². The smallest absolute Gasteiger partial charge is 0.338 e. The summed E-state index contributed by atoms with van der Waals surface area (Å²) >= 11 is 7.18. The Kier molecular flexibility index (Phi) is 5.88. The van der Waals surface area contributed by atoms with Crippen LogP contribution in [0.15, 0.2) is 54.6 Å². The molecule has 1 saturated carbocycles. The van der Waals surface area contributed by atoms with E-state index in [2.05, 4.69) is 31.9 Å². The quantitative estimate of drug-likeness (QED) is 0.339. The number of esters is 1. The van der Waals surface area contributed by atoms with Gasteiger partial charge < -0.3 is 4.74 Å². The first-order valence-corrected chi connectivity index (χ1v) is 11.3. The van der Waals surface area contributed by atoms with E-state index in [1.54, 1.807) is 24.3 Å². The molecule has 1 heterocycles. The molecule has 0 radical (unpaired) electrons. The van der Waals surface area contributed by atoms with Gasteiger partial charge >= 0.3 is 5.97 Å². The highest BCUT2D eigenvalue weighted by atomic mass is 79.9. The van der Waals surface area contributed by atoms with Gasteiger partial charge in [-0.05, 0) is 36.6 Å². The van der Waals surface area contributed by atoms with Gasteiger partial charge in [0.25, 0.3) is 0 Å². The highest BCUT2D eigenvalue weighted by molar-refractivity contribution is 9.12. The number of nitrogens with zero attached hydrogens (tertiary/aromatic N) is 1. The number of hydrogen-bond donors (Lipinski definition) is 0. The highest BCUT2D eigenvalue weighted by Gasteiger charge is 2.52. The van der Waals surface area contributed by atoms with Crippen molar-refractivity contribution in [3.05, 3.63) is 65.7 Å². The zero-order valence-electron chi connectivity index (χ0n) is 15.5. The summed E-state index contributed by atoms with van der Waals surface area (Å²) in [7, 11) is 0. The van der Waals surface area contributed by atoms with Crippen LogP contribution in [0.5, 0.6) is 0 Å². The molecule has 5 nitrogen and oxygen atoms in total. The number of anilines is 1. The van der Waals surface area contributed by atoms with E-state index >= 15 is 0 Å². The molecule has 1 saturated heterocycles. The van der Waals surface area contributed by atoms with Crippen LogP contribution in [-0.2, 0) is 20.9 Å². The molecule has 4 unspecified atom stereocenters. The number of ether oxygens (including phenoxy) is 1. The van der Waals surface area contributed by atoms with Gasteiger partial charge in [-0.15, -0.1) is 0 Å². The fourth-order valence-electron chi connectivity index (χ4n) is 3.93. The van der Waals surface area contributed by atoms with Gasteiger partial charge in [-0.1, -0.05) is 68.3 Å². The summed E-state index contributed by atoms with van der Waals surface area (Å²) in [6.45, 7) is 0.162. The number of hydrogen-bond acceptors (Lipinski definition) is 4. The molecule has 0 bridgehead atoms. The van der Waals surface area contributed by atoms with E-state index in [0.29, 0.717) is 24.1 Å². The van der Waals surface area contributed by atoms with Gasteiger partial charge in [-0.25, -0.2) is 4.79 Å². The summed E-state index contributed by atoms with van der Waals surface area (Å²) in [5, 5.41) is 0. The van der Waals surface area contributed by atoms with Crippen LogP contribution in [0.3, 0.4) is 0 Å². The number of rotatable bonds is 4. The topological polar surface area (TPSA) is 63.7 Å². The first-order valence-electron chi connectivity index (χ1n) is 9.43. The fraction of sp³-hybridized carbons (Fsp3) is 0.318. The Morgan fingerprint density at radius 1 is 0.931 bits per heavy atom. The predicted octanol–water partition coefficient (Wildman–Crippen LogP) is 4.47. The van der Waals surface area contributed by atoms with Crippen molar-refractivity contribution in [2.24, 2.45) is 11.8 Å². The van der Waals surface area contributed by atoms with E-state index < -0.39 is 5.97 Å². The number of amides is 2. The zero-order valence-corrected chi connectivity index (χ0v) is 18.6. The molecule has 4 atom stereocenters. The van der Waals surface area contributed by atoms with Gasteiger partial charge in [0, 0.05) is 9.65 Å². The summed E-state index contributed by atoms with van der Waals surface area (Å²) in [5.74, 6) is -1.53. The number of fused-ring (bicyclic) bond motifs is 1. The van der Waals surface area contributed by atoms with Gasteiger partial charge in [0.1, 0.15) is 6.61 Å². The Labute approximate surface area is 185 Å². The molecule has 7 heteroatoms. The second kappa shape index (κ2) is 8.40. The lowest BCUT2D eigenvalue weighted by Crippen LogP contribution is -2.34. The summed E-state index contributed by atoms with van der Waals surface area (Å²) < 4.78 is 5.37. The molecular formula is C22H19Br2NO4. The minimum absolute atomic E-state index is 0.153. The Hall–Kier alpha value is -1.99. The van der Waals surface area contributed by atoms with E-state index in [4.69, 9.17) is 4.74 Å². The van der Waals surface area contributed by atoms with Crippen molar-refractivity contribution in [2.45, 2.75) is 29.1 Å². The number of carbonyl (C=O) groups excluding carboxylic acids is 3. The number of carbonyl (C=O) groups is 3.